The lowest BCUT2D eigenvalue weighted by Crippen LogP contribution is -2.17. The van der Waals surface area contributed by atoms with Crippen molar-refractivity contribution in [2.24, 2.45) is 5.92 Å². The minimum Gasteiger partial charge on any atom is -0.462 e. The number of esters is 2. The Bertz CT molecular complexity index is 505. The quantitative estimate of drug-likeness (QED) is 0.445. The molecule has 134 valence electrons. The van der Waals surface area contributed by atoms with Crippen LogP contribution in [0.25, 0.3) is 0 Å². The van der Waals surface area contributed by atoms with Crippen LogP contribution in [0, 0.1) is 5.92 Å². The average Bonchev–Trinajstić information content (AvgIpc) is 2.58. The van der Waals surface area contributed by atoms with E-state index in [1.54, 1.807) is 24.3 Å². The third-order valence-corrected chi connectivity index (χ3v) is 3.85. The fourth-order valence-corrected chi connectivity index (χ4v) is 2.37. The summed E-state index contributed by atoms with van der Waals surface area (Å²) in [4.78, 5) is 24.0. The molecule has 1 unspecified atom stereocenters. The van der Waals surface area contributed by atoms with Gasteiger partial charge >= 0.3 is 11.9 Å². The van der Waals surface area contributed by atoms with Crippen LogP contribution in [0.3, 0.4) is 0 Å². The molecule has 0 bridgehead atoms. The molecule has 0 aromatic heterocycles. The third-order valence-electron chi connectivity index (χ3n) is 3.85. The summed E-state index contributed by atoms with van der Waals surface area (Å²) in [5.74, 6) is -0.0862. The van der Waals surface area contributed by atoms with Crippen LogP contribution in [-0.4, -0.2) is 24.6 Å². The minimum absolute atomic E-state index is 0.0481. The van der Waals surface area contributed by atoms with E-state index in [0.717, 1.165) is 32.1 Å². The van der Waals surface area contributed by atoms with Gasteiger partial charge in [-0.1, -0.05) is 34.1 Å². The van der Waals surface area contributed by atoms with E-state index < -0.39 is 0 Å². The summed E-state index contributed by atoms with van der Waals surface area (Å²) in [5, 5.41) is 0. The Labute approximate surface area is 145 Å². The van der Waals surface area contributed by atoms with E-state index in [-0.39, 0.29) is 18.0 Å². The molecule has 0 aliphatic heterocycles. The second kappa shape index (κ2) is 10.8. The van der Waals surface area contributed by atoms with Crippen molar-refractivity contribution in [2.45, 2.75) is 65.9 Å². The van der Waals surface area contributed by atoms with E-state index in [2.05, 4.69) is 20.8 Å². The van der Waals surface area contributed by atoms with E-state index in [1.807, 2.05) is 6.92 Å². The number of hydrogen-bond donors (Lipinski definition) is 0. The SMILES string of the molecule is CCCC(CC)OC(=O)c1ccc(C(=O)OCCCC(C)C)cc1. The summed E-state index contributed by atoms with van der Waals surface area (Å²) in [6.07, 6.45) is 4.50. The lowest BCUT2D eigenvalue weighted by atomic mass is 10.1. The van der Waals surface area contributed by atoms with Gasteiger partial charge in [-0.25, -0.2) is 9.59 Å². The number of hydrogen-bond acceptors (Lipinski definition) is 4. The van der Waals surface area contributed by atoms with Crippen LogP contribution in [0.4, 0.5) is 0 Å². The zero-order valence-electron chi connectivity index (χ0n) is 15.3. The van der Waals surface area contributed by atoms with Crippen molar-refractivity contribution in [1.29, 1.82) is 0 Å². The fraction of sp³-hybridized carbons (Fsp3) is 0.600. The summed E-state index contributed by atoms with van der Waals surface area (Å²) in [6, 6.07) is 6.46. The average molecular weight is 334 g/mol. The molecular formula is C20H30O4. The van der Waals surface area contributed by atoms with Gasteiger partial charge in [-0.05, 0) is 55.9 Å². The molecule has 0 aliphatic carbocycles. The van der Waals surface area contributed by atoms with Gasteiger partial charge in [0, 0.05) is 0 Å². The first-order valence-electron chi connectivity index (χ1n) is 8.96. The first kappa shape index (κ1) is 20.2. The molecule has 0 N–H and O–H groups in total. The van der Waals surface area contributed by atoms with Gasteiger partial charge in [0.2, 0.25) is 0 Å². The number of ether oxygens (including phenoxy) is 2. The first-order chi connectivity index (χ1) is 11.5. The molecule has 0 aliphatic rings. The number of benzene rings is 1. The Kier molecular flexibility index (Phi) is 9.13. The summed E-state index contributed by atoms with van der Waals surface area (Å²) in [6.45, 7) is 8.78. The van der Waals surface area contributed by atoms with Crippen molar-refractivity contribution in [3.63, 3.8) is 0 Å². The second-order valence-corrected chi connectivity index (χ2v) is 6.47. The second-order valence-electron chi connectivity index (χ2n) is 6.47. The Morgan fingerprint density at radius 2 is 1.54 bits per heavy atom. The Morgan fingerprint density at radius 3 is 2.04 bits per heavy atom. The normalized spacial score (nSPS) is 12.0. The predicted molar refractivity (Wildman–Crippen MR) is 95.2 cm³/mol. The molecule has 0 saturated heterocycles. The van der Waals surface area contributed by atoms with Crippen molar-refractivity contribution in [2.75, 3.05) is 6.61 Å². The number of rotatable bonds is 10. The zero-order valence-corrected chi connectivity index (χ0v) is 15.3. The number of carbonyl (C=O) groups excluding carboxylic acids is 2. The molecule has 4 heteroatoms. The van der Waals surface area contributed by atoms with Crippen molar-refractivity contribution in [3.8, 4) is 0 Å². The molecule has 1 atom stereocenters. The molecule has 0 saturated carbocycles. The number of carbonyl (C=O) groups is 2. The molecule has 4 nitrogen and oxygen atoms in total. The zero-order chi connectivity index (χ0) is 17.9. The van der Waals surface area contributed by atoms with Gasteiger partial charge in [-0.2, -0.15) is 0 Å². The van der Waals surface area contributed by atoms with E-state index in [4.69, 9.17) is 9.47 Å². The molecule has 1 aromatic carbocycles. The first-order valence-corrected chi connectivity index (χ1v) is 8.96. The van der Waals surface area contributed by atoms with Crippen molar-refractivity contribution in [1.82, 2.24) is 0 Å². The summed E-state index contributed by atoms with van der Waals surface area (Å²) >= 11 is 0. The van der Waals surface area contributed by atoms with E-state index in [0.29, 0.717) is 23.7 Å². The summed E-state index contributed by atoms with van der Waals surface area (Å²) in [7, 11) is 0. The highest BCUT2D eigenvalue weighted by molar-refractivity contribution is 5.93. The monoisotopic (exact) mass is 334 g/mol. The lowest BCUT2D eigenvalue weighted by molar-refractivity contribution is 0.0270. The maximum Gasteiger partial charge on any atom is 0.338 e. The van der Waals surface area contributed by atoms with Gasteiger partial charge in [0.05, 0.1) is 17.7 Å². The summed E-state index contributed by atoms with van der Waals surface area (Å²) < 4.78 is 10.7. The van der Waals surface area contributed by atoms with Gasteiger partial charge in [0.15, 0.2) is 0 Å². The van der Waals surface area contributed by atoms with E-state index in [1.165, 1.54) is 0 Å². The lowest BCUT2D eigenvalue weighted by Gasteiger charge is -2.15. The van der Waals surface area contributed by atoms with Gasteiger partial charge < -0.3 is 9.47 Å². The Morgan fingerprint density at radius 1 is 0.958 bits per heavy atom. The molecule has 0 amide bonds. The molecule has 1 aromatic rings. The van der Waals surface area contributed by atoms with Crippen LogP contribution in [0.1, 0.15) is 80.5 Å². The Hall–Kier alpha value is -1.84. The predicted octanol–water partition coefficient (Wildman–Crippen LogP) is 5.02. The standard InChI is InChI=1S/C20H30O4/c1-5-8-18(6-2)24-20(22)17-12-10-16(11-13-17)19(21)23-14-7-9-15(3)4/h10-13,15,18H,5-9,14H2,1-4H3. The van der Waals surface area contributed by atoms with Crippen LogP contribution in [0.2, 0.25) is 0 Å². The highest BCUT2D eigenvalue weighted by Crippen LogP contribution is 2.13. The van der Waals surface area contributed by atoms with Gasteiger partial charge in [-0.3, -0.25) is 0 Å². The largest absolute Gasteiger partial charge is 0.462 e. The van der Waals surface area contributed by atoms with Gasteiger partial charge in [0.1, 0.15) is 6.10 Å². The fourth-order valence-electron chi connectivity index (χ4n) is 2.37. The molecule has 0 spiro atoms. The van der Waals surface area contributed by atoms with Gasteiger partial charge in [-0.15, -0.1) is 0 Å². The van der Waals surface area contributed by atoms with Crippen LogP contribution in [0.5, 0.6) is 0 Å². The Balaban J connectivity index is 2.52. The molecular weight excluding hydrogens is 304 g/mol. The highest BCUT2D eigenvalue weighted by Gasteiger charge is 2.15. The van der Waals surface area contributed by atoms with E-state index >= 15 is 0 Å². The van der Waals surface area contributed by atoms with Crippen LogP contribution >= 0.6 is 0 Å². The van der Waals surface area contributed by atoms with Gasteiger partial charge in [0.25, 0.3) is 0 Å². The van der Waals surface area contributed by atoms with E-state index in [9.17, 15) is 9.59 Å². The molecule has 24 heavy (non-hydrogen) atoms. The molecule has 0 heterocycles. The van der Waals surface area contributed by atoms with Crippen molar-refractivity contribution in [3.05, 3.63) is 35.4 Å². The third kappa shape index (κ3) is 7.16. The van der Waals surface area contributed by atoms with Crippen LogP contribution < -0.4 is 0 Å². The van der Waals surface area contributed by atoms with Crippen LogP contribution in [-0.2, 0) is 9.47 Å². The molecule has 1 rings (SSSR count). The summed E-state index contributed by atoms with van der Waals surface area (Å²) in [5.41, 5.74) is 0.914. The maximum absolute atomic E-state index is 12.1. The van der Waals surface area contributed by atoms with Crippen molar-refractivity contribution >= 4 is 11.9 Å². The van der Waals surface area contributed by atoms with Crippen LogP contribution in [0.15, 0.2) is 24.3 Å². The topological polar surface area (TPSA) is 52.6 Å². The smallest absolute Gasteiger partial charge is 0.338 e. The molecule has 0 fully saturated rings. The maximum atomic E-state index is 12.1. The molecule has 0 radical (unpaired) electrons. The highest BCUT2D eigenvalue weighted by atomic mass is 16.5. The van der Waals surface area contributed by atoms with Crippen molar-refractivity contribution < 1.29 is 19.1 Å². The minimum atomic E-state index is -0.351.